The summed E-state index contributed by atoms with van der Waals surface area (Å²) in [6.07, 6.45) is 3.40. The average molecular weight is 370 g/mol. The van der Waals surface area contributed by atoms with E-state index in [1.807, 2.05) is 29.2 Å². The summed E-state index contributed by atoms with van der Waals surface area (Å²) in [7, 11) is 0. The molecule has 0 spiro atoms. The zero-order valence-electron chi connectivity index (χ0n) is 15.5. The van der Waals surface area contributed by atoms with Crippen molar-refractivity contribution in [3.63, 3.8) is 0 Å². The molecule has 0 saturated carbocycles. The Bertz CT molecular complexity index is 792. The summed E-state index contributed by atoms with van der Waals surface area (Å²) in [5, 5.41) is 0. The predicted octanol–water partition coefficient (Wildman–Crippen LogP) is 1.73. The Balaban J connectivity index is 1.34. The lowest BCUT2D eigenvalue weighted by Crippen LogP contribution is -2.47. The van der Waals surface area contributed by atoms with E-state index in [1.54, 1.807) is 0 Å². The molecule has 0 bridgehead atoms. The van der Waals surface area contributed by atoms with Crippen LogP contribution in [0.15, 0.2) is 28.7 Å². The van der Waals surface area contributed by atoms with E-state index >= 15 is 0 Å². The van der Waals surface area contributed by atoms with Crippen LogP contribution in [0.4, 0.5) is 0 Å². The van der Waals surface area contributed by atoms with Crippen LogP contribution in [-0.4, -0.2) is 59.3 Å². The van der Waals surface area contributed by atoms with E-state index < -0.39 is 0 Å². The molecule has 2 aromatic rings. The molecule has 144 valence electrons. The van der Waals surface area contributed by atoms with Gasteiger partial charge in [0.2, 0.25) is 11.8 Å². The molecule has 1 aromatic heterocycles. The summed E-state index contributed by atoms with van der Waals surface area (Å²) in [5.41, 5.74) is 7.08. The second kappa shape index (κ2) is 7.68. The molecule has 2 aliphatic rings. The number of primary amides is 1. The molecule has 7 heteroatoms. The number of piperidine rings is 2. The highest BCUT2D eigenvalue weighted by Gasteiger charge is 2.30. The minimum atomic E-state index is -0.251. The van der Waals surface area contributed by atoms with Crippen LogP contribution in [-0.2, 0) is 9.59 Å². The lowest BCUT2D eigenvalue weighted by molar-refractivity contribution is -0.136. The van der Waals surface area contributed by atoms with Crippen LogP contribution in [0, 0.1) is 5.92 Å². The van der Waals surface area contributed by atoms with E-state index in [9.17, 15) is 9.59 Å². The third-order valence-electron chi connectivity index (χ3n) is 5.77. The number of fused-ring (bicyclic) bond motifs is 1. The van der Waals surface area contributed by atoms with Gasteiger partial charge in [-0.25, -0.2) is 4.98 Å². The lowest BCUT2D eigenvalue weighted by atomic mass is 9.96. The number of hydrogen-bond acceptors (Lipinski definition) is 5. The molecule has 1 atom stereocenters. The molecule has 1 aromatic carbocycles. The van der Waals surface area contributed by atoms with Crippen molar-refractivity contribution in [1.29, 1.82) is 0 Å². The van der Waals surface area contributed by atoms with Crippen molar-refractivity contribution in [3.05, 3.63) is 30.2 Å². The number of para-hydroxylation sites is 2. The van der Waals surface area contributed by atoms with E-state index in [1.165, 1.54) is 0 Å². The van der Waals surface area contributed by atoms with Gasteiger partial charge in [-0.15, -0.1) is 0 Å². The summed E-state index contributed by atoms with van der Waals surface area (Å²) in [6.45, 7) is 3.36. The third kappa shape index (κ3) is 3.98. The lowest BCUT2D eigenvalue weighted by Gasteiger charge is -2.35. The molecule has 27 heavy (non-hydrogen) atoms. The van der Waals surface area contributed by atoms with E-state index in [4.69, 9.17) is 10.2 Å². The number of rotatable bonds is 4. The monoisotopic (exact) mass is 370 g/mol. The van der Waals surface area contributed by atoms with Crippen molar-refractivity contribution in [2.24, 2.45) is 11.7 Å². The maximum absolute atomic E-state index is 12.7. The summed E-state index contributed by atoms with van der Waals surface area (Å²) in [4.78, 5) is 32.6. The van der Waals surface area contributed by atoms with E-state index in [-0.39, 0.29) is 23.7 Å². The topological polar surface area (TPSA) is 92.7 Å². The van der Waals surface area contributed by atoms with Gasteiger partial charge in [-0.2, -0.15) is 0 Å². The van der Waals surface area contributed by atoms with Crippen molar-refractivity contribution in [1.82, 2.24) is 14.8 Å². The Morgan fingerprint density at radius 3 is 2.67 bits per heavy atom. The van der Waals surface area contributed by atoms with Gasteiger partial charge in [0.25, 0.3) is 0 Å². The second-order valence-corrected chi connectivity index (χ2v) is 7.65. The number of oxazole rings is 1. The van der Waals surface area contributed by atoms with Crippen LogP contribution in [0.3, 0.4) is 0 Å². The highest BCUT2D eigenvalue weighted by Crippen LogP contribution is 2.29. The van der Waals surface area contributed by atoms with Crippen molar-refractivity contribution in [2.45, 2.75) is 31.6 Å². The normalized spacial score (nSPS) is 22.2. The van der Waals surface area contributed by atoms with Crippen LogP contribution >= 0.6 is 0 Å². The zero-order chi connectivity index (χ0) is 18.8. The fraction of sp³-hybridized carbons (Fsp3) is 0.550. The van der Waals surface area contributed by atoms with Crippen molar-refractivity contribution < 1.29 is 14.0 Å². The summed E-state index contributed by atoms with van der Waals surface area (Å²) in [6, 6.07) is 7.81. The van der Waals surface area contributed by atoms with Gasteiger partial charge in [-0.3, -0.25) is 14.5 Å². The highest BCUT2D eigenvalue weighted by atomic mass is 16.3. The van der Waals surface area contributed by atoms with Crippen LogP contribution in [0.25, 0.3) is 11.1 Å². The second-order valence-electron chi connectivity index (χ2n) is 7.65. The Kier molecular flexibility index (Phi) is 5.11. The molecular formula is C20H26N4O3. The largest absolute Gasteiger partial charge is 0.440 e. The Labute approximate surface area is 158 Å². The number of aromatic nitrogens is 1. The fourth-order valence-electron chi connectivity index (χ4n) is 4.17. The molecular weight excluding hydrogens is 344 g/mol. The first-order valence-electron chi connectivity index (χ1n) is 9.75. The van der Waals surface area contributed by atoms with Gasteiger partial charge in [0.05, 0.1) is 6.54 Å². The molecule has 3 heterocycles. The average Bonchev–Trinajstić information content (AvgIpc) is 3.12. The summed E-state index contributed by atoms with van der Waals surface area (Å²) < 4.78 is 5.93. The maximum atomic E-state index is 12.7. The SMILES string of the molecule is NC(=O)C1CCN(C(=O)CN2CCCC(c3nc4ccccc4o3)C2)CC1. The number of hydrogen-bond donors (Lipinski definition) is 1. The molecule has 2 saturated heterocycles. The van der Waals surface area contributed by atoms with E-state index in [0.29, 0.717) is 32.5 Å². The first-order valence-corrected chi connectivity index (χ1v) is 9.75. The number of likely N-dealkylation sites (tertiary alicyclic amines) is 2. The van der Waals surface area contributed by atoms with Crippen LogP contribution < -0.4 is 5.73 Å². The van der Waals surface area contributed by atoms with Gasteiger partial charge in [0.1, 0.15) is 5.52 Å². The minimum Gasteiger partial charge on any atom is -0.440 e. The number of nitrogens with two attached hydrogens (primary N) is 1. The molecule has 7 nitrogen and oxygen atoms in total. The number of nitrogens with zero attached hydrogens (tertiary/aromatic N) is 3. The quantitative estimate of drug-likeness (QED) is 0.885. The van der Waals surface area contributed by atoms with Gasteiger partial charge in [-0.1, -0.05) is 12.1 Å². The number of carbonyl (C=O) groups is 2. The zero-order valence-corrected chi connectivity index (χ0v) is 15.5. The molecule has 1 unspecified atom stereocenters. The molecule has 0 radical (unpaired) electrons. The van der Waals surface area contributed by atoms with Crippen molar-refractivity contribution in [3.8, 4) is 0 Å². The fourth-order valence-corrected chi connectivity index (χ4v) is 4.17. The Morgan fingerprint density at radius 2 is 1.93 bits per heavy atom. The smallest absolute Gasteiger partial charge is 0.236 e. The summed E-state index contributed by atoms with van der Waals surface area (Å²) >= 11 is 0. The van der Waals surface area contributed by atoms with Crippen LogP contribution in [0.5, 0.6) is 0 Å². The first-order chi connectivity index (χ1) is 13.1. The number of amides is 2. The summed E-state index contributed by atoms with van der Waals surface area (Å²) in [5.74, 6) is 0.790. The first kappa shape index (κ1) is 18.0. The number of benzene rings is 1. The van der Waals surface area contributed by atoms with Crippen LogP contribution in [0.1, 0.15) is 37.5 Å². The molecule has 0 aliphatic carbocycles. The van der Waals surface area contributed by atoms with Gasteiger partial charge < -0.3 is 15.1 Å². The van der Waals surface area contributed by atoms with E-state index in [0.717, 1.165) is 42.9 Å². The van der Waals surface area contributed by atoms with Crippen molar-refractivity contribution >= 4 is 22.9 Å². The standard InChI is InChI=1S/C20H26N4O3/c21-19(26)14-7-10-24(11-8-14)18(25)13-23-9-3-4-15(12-23)20-22-16-5-1-2-6-17(16)27-20/h1-2,5-6,14-15H,3-4,7-13H2,(H2,21,26). The van der Waals surface area contributed by atoms with Gasteiger partial charge in [0.15, 0.2) is 11.5 Å². The molecule has 2 N–H and O–H groups in total. The van der Waals surface area contributed by atoms with E-state index in [2.05, 4.69) is 9.88 Å². The van der Waals surface area contributed by atoms with Gasteiger partial charge in [0, 0.05) is 31.5 Å². The molecule has 4 rings (SSSR count). The maximum Gasteiger partial charge on any atom is 0.236 e. The van der Waals surface area contributed by atoms with Crippen molar-refractivity contribution in [2.75, 3.05) is 32.7 Å². The molecule has 2 fully saturated rings. The Morgan fingerprint density at radius 1 is 1.15 bits per heavy atom. The molecule has 2 aliphatic heterocycles. The Hall–Kier alpha value is -2.41. The van der Waals surface area contributed by atoms with Gasteiger partial charge >= 0.3 is 0 Å². The third-order valence-corrected chi connectivity index (χ3v) is 5.77. The van der Waals surface area contributed by atoms with Gasteiger partial charge in [-0.05, 0) is 44.4 Å². The highest BCUT2D eigenvalue weighted by molar-refractivity contribution is 5.80. The van der Waals surface area contributed by atoms with Crippen LogP contribution in [0.2, 0.25) is 0 Å². The predicted molar refractivity (Wildman–Crippen MR) is 101 cm³/mol. The molecule has 2 amide bonds. The minimum absolute atomic E-state index is 0.0902. The number of carbonyl (C=O) groups excluding carboxylic acids is 2.